The van der Waals surface area contributed by atoms with Crippen LogP contribution in [0.3, 0.4) is 0 Å². The third kappa shape index (κ3) is 13.7. The molecule has 0 aliphatic heterocycles. The van der Waals surface area contributed by atoms with Crippen LogP contribution < -0.4 is 38.9 Å². The number of aliphatic imine (C=N–C) groups is 1. The molecule has 0 aliphatic rings. The molecule has 15 heteroatoms. The standard InChI is InChI=1S/C21H40N8O6S/c1-11(2)16(20(34)35)29-19(33)14(8-10-36-3)28-18(32)13(5-4-9-26-21(24)25)27-17(31)12(22)6-7-15(23)30/h11-14,16H,4-10,22H2,1-3H3,(H2,23,30)(H,27,31)(H,28,32)(H,29,33)(H,34,35)(H4,24,25,26). The predicted molar refractivity (Wildman–Crippen MR) is 138 cm³/mol. The molecule has 0 aromatic carbocycles. The zero-order valence-electron chi connectivity index (χ0n) is 21.0. The first kappa shape index (κ1) is 32.9. The molecule has 36 heavy (non-hydrogen) atoms. The first-order chi connectivity index (χ1) is 16.8. The van der Waals surface area contributed by atoms with Crippen molar-refractivity contribution in [3.63, 3.8) is 0 Å². The van der Waals surface area contributed by atoms with E-state index in [2.05, 4.69) is 20.9 Å². The van der Waals surface area contributed by atoms with Gasteiger partial charge >= 0.3 is 5.97 Å². The molecule has 206 valence electrons. The van der Waals surface area contributed by atoms with E-state index in [9.17, 15) is 29.1 Å². The number of thioether (sulfide) groups is 1. The van der Waals surface area contributed by atoms with Gasteiger partial charge in [0.2, 0.25) is 23.6 Å². The minimum absolute atomic E-state index is 0.00591. The third-order valence-electron chi connectivity index (χ3n) is 5.09. The summed E-state index contributed by atoms with van der Waals surface area (Å²) in [6.07, 6.45) is 2.39. The molecule has 0 rings (SSSR count). The fourth-order valence-electron chi connectivity index (χ4n) is 3.02. The van der Waals surface area contributed by atoms with Gasteiger partial charge in [0.25, 0.3) is 0 Å². The van der Waals surface area contributed by atoms with Gasteiger partial charge in [0, 0.05) is 13.0 Å². The molecule has 0 heterocycles. The van der Waals surface area contributed by atoms with E-state index in [1.54, 1.807) is 13.8 Å². The Labute approximate surface area is 215 Å². The van der Waals surface area contributed by atoms with Crippen molar-refractivity contribution in [2.45, 2.75) is 70.1 Å². The van der Waals surface area contributed by atoms with Crippen LogP contribution in [0.15, 0.2) is 4.99 Å². The minimum Gasteiger partial charge on any atom is -0.480 e. The van der Waals surface area contributed by atoms with E-state index in [-0.39, 0.29) is 44.1 Å². The summed E-state index contributed by atoms with van der Waals surface area (Å²) in [5.41, 5.74) is 21.5. The molecule has 0 bridgehead atoms. The molecule has 4 unspecified atom stereocenters. The molecule has 0 aromatic heterocycles. The molecule has 4 amide bonds. The number of nitrogens with zero attached hydrogens (tertiary/aromatic N) is 1. The van der Waals surface area contributed by atoms with Gasteiger partial charge in [-0.15, -0.1) is 0 Å². The van der Waals surface area contributed by atoms with Crippen LogP contribution in [-0.4, -0.2) is 83.4 Å². The highest BCUT2D eigenvalue weighted by Gasteiger charge is 2.31. The maximum Gasteiger partial charge on any atom is 0.326 e. The van der Waals surface area contributed by atoms with Crippen molar-refractivity contribution in [2.75, 3.05) is 18.6 Å². The molecule has 0 spiro atoms. The molecule has 0 fully saturated rings. The van der Waals surface area contributed by atoms with E-state index in [1.807, 2.05) is 6.26 Å². The van der Waals surface area contributed by atoms with Crippen molar-refractivity contribution < 1.29 is 29.1 Å². The largest absolute Gasteiger partial charge is 0.480 e. The number of aliphatic carboxylic acids is 1. The average molecular weight is 533 g/mol. The highest BCUT2D eigenvalue weighted by atomic mass is 32.2. The second-order valence-electron chi connectivity index (χ2n) is 8.53. The van der Waals surface area contributed by atoms with Gasteiger partial charge in [-0.25, -0.2) is 4.79 Å². The van der Waals surface area contributed by atoms with Gasteiger partial charge in [-0.05, 0) is 43.6 Å². The monoisotopic (exact) mass is 532 g/mol. The molecule has 0 saturated carbocycles. The van der Waals surface area contributed by atoms with E-state index >= 15 is 0 Å². The number of carboxylic acids is 1. The first-order valence-corrected chi connectivity index (χ1v) is 12.9. The highest BCUT2D eigenvalue weighted by Crippen LogP contribution is 2.08. The molecule has 4 atom stereocenters. The number of nitrogens with two attached hydrogens (primary N) is 4. The van der Waals surface area contributed by atoms with Gasteiger partial charge in [-0.1, -0.05) is 13.8 Å². The second kappa shape index (κ2) is 17.4. The van der Waals surface area contributed by atoms with Crippen LogP contribution in [0.1, 0.15) is 46.0 Å². The second-order valence-corrected chi connectivity index (χ2v) is 9.52. The van der Waals surface area contributed by atoms with E-state index in [1.165, 1.54) is 11.8 Å². The Morgan fingerprint density at radius 1 is 0.889 bits per heavy atom. The van der Waals surface area contributed by atoms with Gasteiger partial charge in [0.1, 0.15) is 18.1 Å². The molecule has 0 radical (unpaired) electrons. The van der Waals surface area contributed by atoms with Crippen molar-refractivity contribution in [1.29, 1.82) is 0 Å². The summed E-state index contributed by atoms with van der Waals surface area (Å²) in [5.74, 6) is -3.79. The molecule has 0 saturated heterocycles. The lowest BCUT2D eigenvalue weighted by Gasteiger charge is -2.26. The van der Waals surface area contributed by atoms with Gasteiger partial charge in [0.15, 0.2) is 5.96 Å². The number of nitrogens with one attached hydrogen (secondary N) is 3. The lowest BCUT2D eigenvalue weighted by Crippen LogP contribution is -2.57. The third-order valence-corrected chi connectivity index (χ3v) is 5.73. The number of carbonyl (C=O) groups is 5. The summed E-state index contributed by atoms with van der Waals surface area (Å²) in [4.78, 5) is 64.8. The van der Waals surface area contributed by atoms with Crippen molar-refractivity contribution in [3.8, 4) is 0 Å². The molecule has 14 nitrogen and oxygen atoms in total. The fourth-order valence-corrected chi connectivity index (χ4v) is 3.50. The molecular formula is C21H40N8O6S. The normalized spacial score (nSPS) is 14.1. The van der Waals surface area contributed by atoms with Crippen LogP contribution in [0.25, 0.3) is 0 Å². The lowest BCUT2D eigenvalue weighted by molar-refractivity contribution is -0.143. The quantitative estimate of drug-likeness (QED) is 0.0526. The Kier molecular flexibility index (Phi) is 15.9. The van der Waals surface area contributed by atoms with Crippen molar-refractivity contribution in [2.24, 2.45) is 33.8 Å². The summed E-state index contributed by atoms with van der Waals surface area (Å²) in [6.45, 7) is 3.50. The molecule has 0 aromatic rings. The number of rotatable bonds is 18. The Bertz CT molecular complexity index is 790. The predicted octanol–water partition coefficient (Wildman–Crippen LogP) is -2.42. The zero-order chi connectivity index (χ0) is 27.8. The van der Waals surface area contributed by atoms with Crippen LogP contribution in [0.5, 0.6) is 0 Å². The number of carbonyl (C=O) groups excluding carboxylic acids is 4. The van der Waals surface area contributed by atoms with E-state index in [0.717, 1.165) is 0 Å². The maximum absolute atomic E-state index is 13.1. The SMILES string of the molecule is CSCCC(NC(=O)C(CCCN=C(N)N)NC(=O)C(N)CCC(N)=O)C(=O)NC(C(=O)O)C(C)C. The average Bonchev–Trinajstić information content (AvgIpc) is 2.79. The van der Waals surface area contributed by atoms with Gasteiger partial charge in [-0.3, -0.25) is 24.2 Å². The highest BCUT2D eigenvalue weighted by molar-refractivity contribution is 7.98. The number of hydrogen-bond acceptors (Lipinski definition) is 8. The Morgan fingerprint density at radius 3 is 1.94 bits per heavy atom. The van der Waals surface area contributed by atoms with E-state index in [0.29, 0.717) is 12.2 Å². The van der Waals surface area contributed by atoms with Crippen LogP contribution >= 0.6 is 11.8 Å². The molecule has 0 aliphatic carbocycles. The summed E-state index contributed by atoms with van der Waals surface area (Å²) < 4.78 is 0. The van der Waals surface area contributed by atoms with Gasteiger partial charge in [0.05, 0.1) is 6.04 Å². The summed E-state index contributed by atoms with van der Waals surface area (Å²) in [7, 11) is 0. The first-order valence-electron chi connectivity index (χ1n) is 11.5. The summed E-state index contributed by atoms with van der Waals surface area (Å²) in [5, 5.41) is 17.0. The number of carboxylic acid groups (broad SMARTS) is 1. The lowest BCUT2D eigenvalue weighted by atomic mass is 10.0. The number of hydrogen-bond donors (Lipinski definition) is 8. The van der Waals surface area contributed by atoms with Crippen molar-refractivity contribution >= 4 is 47.3 Å². The van der Waals surface area contributed by atoms with E-state index < -0.39 is 53.8 Å². The Hall–Kier alpha value is -3.07. The molecular weight excluding hydrogens is 492 g/mol. The maximum atomic E-state index is 13.1. The van der Waals surface area contributed by atoms with Crippen molar-refractivity contribution in [1.82, 2.24) is 16.0 Å². The Balaban J connectivity index is 5.56. The van der Waals surface area contributed by atoms with Crippen molar-refractivity contribution in [3.05, 3.63) is 0 Å². The molecule has 12 N–H and O–H groups in total. The fraction of sp³-hybridized carbons (Fsp3) is 0.714. The number of guanidine groups is 1. The smallest absolute Gasteiger partial charge is 0.326 e. The number of amides is 4. The van der Waals surface area contributed by atoms with E-state index in [4.69, 9.17) is 22.9 Å². The Morgan fingerprint density at radius 2 is 1.44 bits per heavy atom. The van der Waals surface area contributed by atoms with Crippen LogP contribution in [0.2, 0.25) is 0 Å². The zero-order valence-corrected chi connectivity index (χ0v) is 21.8. The van der Waals surface area contributed by atoms with Crippen LogP contribution in [-0.2, 0) is 24.0 Å². The summed E-state index contributed by atoms with van der Waals surface area (Å²) >= 11 is 1.45. The van der Waals surface area contributed by atoms with Crippen LogP contribution in [0, 0.1) is 5.92 Å². The topological polar surface area (TPSA) is 258 Å². The van der Waals surface area contributed by atoms with Crippen LogP contribution in [0.4, 0.5) is 0 Å². The van der Waals surface area contributed by atoms with Gasteiger partial charge < -0.3 is 44.0 Å². The summed E-state index contributed by atoms with van der Waals surface area (Å²) in [6, 6.07) is -4.34. The minimum atomic E-state index is -1.19. The van der Waals surface area contributed by atoms with Gasteiger partial charge in [-0.2, -0.15) is 11.8 Å². The number of primary amides is 1.